The Morgan fingerprint density at radius 1 is 1.50 bits per heavy atom. The minimum absolute atomic E-state index is 0.147. The zero-order valence-electron chi connectivity index (χ0n) is 9.83. The number of aldehydes is 1. The molecule has 1 aromatic rings. The lowest BCUT2D eigenvalue weighted by molar-refractivity contribution is -0.310. The molecule has 98 valence electrons. The largest absolute Gasteiger partial charge is 0.440 e. The first-order chi connectivity index (χ1) is 8.63. The molecule has 2 aliphatic heterocycles. The summed E-state index contributed by atoms with van der Waals surface area (Å²) in [4.78, 5) is 10.9. The van der Waals surface area contributed by atoms with Gasteiger partial charge in [-0.3, -0.25) is 4.79 Å². The zero-order chi connectivity index (χ0) is 12.8. The van der Waals surface area contributed by atoms with E-state index in [1.54, 1.807) is 6.07 Å². The number of aliphatic hydroxyl groups excluding tert-OH is 1. The number of fused-ring (bicyclic) bond motifs is 1. The third-order valence-corrected chi connectivity index (χ3v) is 3.62. The van der Waals surface area contributed by atoms with Crippen molar-refractivity contribution in [2.24, 2.45) is 0 Å². The van der Waals surface area contributed by atoms with Crippen LogP contribution in [0.1, 0.15) is 22.6 Å². The van der Waals surface area contributed by atoms with Crippen molar-refractivity contribution >= 4 is 6.29 Å². The van der Waals surface area contributed by atoms with E-state index >= 15 is 0 Å². The van der Waals surface area contributed by atoms with Gasteiger partial charge in [-0.2, -0.15) is 0 Å². The number of aromatic nitrogens is 1. The second-order valence-corrected chi connectivity index (χ2v) is 4.84. The molecule has 6 heteroatoms. The number of carbonyl (C=O) groups excluding carboxylic acids is 1. The lowest BCUT2D eigenvalue weighted by atomic mass is 9.99. The quantitative estimate of drug-likeness (QED) is 0.536. The average Bonchev–Trinajstić information content (AvgIpc) is 2.76. The van der Waals surface area contributed by atoms with Crippen molar-refractivity contribution < 1.29 is 24.5 Å². The van der Waals surface area contributed by atoms with E-state index in [0.29, 0.717) is 18.8 Å². The first kappa shape index (κ1) is 11.9. The van der Waals surface area contributed by atoms with E-state index in [4.69, 9.17) is 14.6 Å². The molecule has 1 aromatic heterocycles. The van der Waals surface area contributed by atoms with Crippen LogP contribution in [0.3, 0.4) is 0 Å². The van der Waals surface area contributed by atoms with Crippen LogP contribution in [0.4, 0.5) is 0 Å². The zero-order valence-corrected chi connectivity index (χ0v) is 9.83. The molecule has 18 heavy (non-hydrogen) atoms. The molecule has 1 saturated heterocycles. The van der Waals surface area contributed by atoms with Crippen LogP contribution in [0.2, 0.25) is 0 Å². The molecule has 0 saturated carbocycles. The highest BCUT2D eigenvalue weighted by molar-refractivity contribution is 5.72. The molecule has 0 aromatic carbocycles. The number of ether oxygens (including phenoxy) is 2. The summed E-state index contributed by atoms with van der Waals surface area (Å²) in [5, 5.41) is 17.4. The van der Waals surface area contributed by atoms with Gasteiger partial charge in [-0.15, -0.1) is 0 Å². The summed E-state index contributed by atoms with van der Waals surface area (Å²) in [5.41, 5.74) is 1.51. The van der Waals surface area contributed by atoms with Crippen molar-refractivity contribution in [1.29, 1.82) is 0 Å². The Morgan fingerprint density at radius 2 is 2.33 bits per heavy atom. The number of carbonyl (C=O) groups is 1. The summed E-state index contributed by atoms with van der Waals surface area (Å²) < 4.78 is 13.2. The van der Waals surface area contributed by atoms with Crippen molar-refractivity contribution in [2.45, 2.75) is 37.6 Å². The number of hydrogen-bond donors (Lipinski definition) is 1. The standard InChI is InChI=1S/C12H15NO5/c14-4-8-1-2-9-5-17-12(7-13(8)9)3-10(15)11(16)6-18-12/h1-2,4,10-11,15-16H,3,5-7H2/p+1/t10-,11+,12-/m0/s1. The van der Waals surface area contributed by atoms with Crippen LogP contribution in [0.5, 0.6) is 0 Å². The van der Waals surface area contributed by atoms with E-state index in [1.807, 2.05) is 10.6 Å². The van der Waals surface area contributed by atoms with Gasteiger partial charge in [0.25, 0.3) is 0 Å². The first-order valence-corrected chi connectivity index (χ1v) is 5.94. The van der Waals surface area contributed by atoms with E-state index in [-0.39, 0.29) is 13.0 Å². The van der Waals surface area contributed by atoms with Gasteiger partial charge >= 0.3 is 0 Å². The number of aliphatic hydroxyl groups is 1. The molecule has 1 spiro atoms. The summed E-state index contributed by atoms with van der Waals surface area (Å²) in [5.74, 6) is -0.902. The third-order valence-electron chi connectivity index (χ3n) is 3.62. The van der Waals surface area contributed by atoms with Crippen molar-refractivity contribution in [3.05, 3.63) is 23.5 Å². The Morgan fingerprint density at radius 3 is 3.06 bits per heavy atom. The number of rotatable bonds is 1. The Hall–Kier alpha value is -1.21. The number of hydrogen-bond acceptors (Lipinski definition) is 4. The van der Waals surface area contributed by atoms with Crippen LogP contribution in [-0.2, 0) is 22.6 Å². The maximum absolute atomic E-state index is 10.9. The maximum atomic E-state index is 10.9. The normalized spacial score (nSPS) is 35.4. The monoisotopic (exact) mass is 254 g/mol. The number of nitrogens with zero attached hydrogens (tertiary/aromatic N) is 1. The molecular formula is C12H16NO5+. The first-order valence-electron chi connectivity index (χ1n) is 5.94. The lowest BCUT2D eigenvalue weighted by Gasteiger charge is -2.42. The molecule has 3 rings (SSSR count). The van der Waals surface area contributed by atoms with Crippen molar-refractivity contribution in [3.8, 4) is 0 Å². The summed E-state index contributed by atoms with van der Waals surface area (Å²) >= 11 is 0. The minimum atomic E-state index is -0.902. The molecule has 2 aliphatic rings. The third kappa shape index (κ3) is 1.78. The Balaban J connectivity index is 1.87. The van der Waals surface area contributed by atoms with Gasteiger partial charge in [0.2, 0.25) is 6.10 Å². The van der Waals surface area contributed by atoms with Gasteiger partial charge in [0.05, 0.1) is 18.8 Å². The maximum Gasteiger partial charge on any atom is 0.204 e. The predicted molar refractivity (Wildman–Crippen MR) is 61.3 cm³/mol. The molecule has 0 amide bonds. The molecule has 0 aliphatic carbocycles. The van der Waals surface area contributed by atoms with E-state index in [2.05, 4.69) is 0 Å². The van der Waals surface area contributed by atoms with Crippen molar-refractivity contribution in [2.75, 3.05) is 6.61 Å². The van der Waals surface area contributed by atoms with Crippen LogP contribution in [-0.4, -0.2) is 45.7 Å². The average molecular weight is 254 g/mol. The van der Waals surface area contributed by atoms with Gasteiger partial charge in [-0.05, 0) is 12.1 Å². The van der Waals surface area contributed by atoms with E-state index in [1.165, 1.54) is 0 Å². The molecule has 0 bridgehead atoms. The molecule has 1 fully saturated rings. The Labute approximate surface area is 104 Å². The molecule has 3 N–H and O–H groups in total. The molecule has 0 unspecified atom stereocenters. The van der Waals surface area contributed by atoms with Crippen LogP contribution >= 0.6 is 0 Å². The van der Waals surface area contributed by atoms with Crippen LogP contribution < -0.4 is 0 Å². The van der Waals surface area contributed by atoms with Gasteiger partial charge in [0.15, 0.2) is 12.1 Å². The molecule has 3 atom stereocenters. The smallest absolute Gasteiger partial charge is 0.204 e. The topological polar surface area (TPSA) is 83.6 Å². The predicted octanol–water partition coefficient (Wildman–Crippen LogP) is -0.599. The molecule has 6 nitrogen and oxygen atoms in total. The molecule has 3 heterocycles. The van der Waals surface area contributed by atoms with Crippen molar-refractivity contribution in [3.63, 3.8) is 0 Å². The van der Waals surface area contributed by atoms with Crippen LogP contribution in [0.25, 0.3) is 0 Å². The second-order valence-electron chi connectivity index (χ2n) is 4.84. The SMILES string of the molecule is O=Cc1ccc2n1C[C@@]1(C[C@H](O)[C@H]([OH2+])CO1)OC2. The lowest BCUT2D eigenvalue weighted by Crippen LogP contribution is -2.54. The summed E-state index contributed by atoms with van der Waals surface area (Å²) in [6.07, 6.45) is -0.321. The van der Waals surface area contributed by atoms with E-state index in [0.717, 1.165) is 12.0 Å². The summed E-state index contributed by atoms with van der Waals surface area (Å²) in [6, 6.07) is 3.60. The fraction of sp³-hybridized carbons (Fsp3) is 0.583. The van der Waals surface area contributed by atoms with Gasteiger partial charge in [0.1, 0.15) is 12.7 Å². The van der Waals surface area contributed by atoms with E-state index in [9.17, 15) is 9.90 Å². The minimum Gasteiger partial charge on any atom is -0.440 e. The van der Waals surface area contributed by atoms with Crippen molar-refractivity contribution in [1.82, 2.24) is 4.57 Å². The van der Waals surface area contributed by atoms with Gasteiger partial charge in [-0.1, -0.05) is 0 Å². The summed E-state index contributed by atoms with van der Waals surface area (Å²) in [6.45, 7) is 0.880. The van der Waals surface area contributed by atoms with Crippen LogP contribution in [0.15, 0.2) is 12.1 Å². The van der Waals surface area contributed by atoms with E-state index < -0.39 is 18.0 Å². The fourth-order valence-electron chi connectivity index (χ4n) is 2.52. The Kier molecular flexibility index (Phi) is 2.74. The van der Waals surface area contributed by atoms with Gasteiger partial charge in [0, 0.05) is 12.1 Å². The van der Waals surface area contributed by atoms with Gasteiger partial charge < -0.3 is 24.3 Å². The molecular weight excluding hydrogens is 238 g/mol. The highest BCUT2D eigenvalue weighted by Crippen LogP contribution is 2.34. The highest BCUT2D eigenvalue weighted by Gasteiger charge is 2.46. The van der Waals surface area contributed by atoms with Gasteiger partial charge in [-0.25, -0.2) is 0 Å². The second kappa shape index (κ2) is 4.17. The van der Waals surface area contributed by atoms with Crippen LogP contribution in [0, 0.1) is 0 Å². The molecule has 0 radical (unpaired) electrons. The fourth-order valence-corrected chi connectivity index (χ4v) is 2.52. The highest BCUT2D eigenvalue weighted by atomic mass is 16.7. The Bertz CT molecular complexity index is 471. The summed E-state index contributed by atoms with van der Waals surface area (Å²) in [7, 11) is 0.